The van der Waals surface area contributed by atoms with Gasteiger partial charge in [-0.3, -0.25) is 4.79 Å². The quantitative estimate of drug-likeness (QED) is 0.497. The summed E-state index contributed by atoms with van der Waals surface area (Å²) in [5.74, 6) is -2.33. The van der Waals surface area contributed by atoms with Gasteiger partial charge in [0.05, 0.1) is 18.6 Å². The Morgan fingerprint density at radius 1 is 1.05 bits per heavy atom. The van der Waals surface area contributed by atoms with Gasteiger partial charge in [-0.25, -0.2) is 13.2 Å². The number of carboxylic acids is 1. The van der Waals surface area contributed by atoms with E-state index in [4.69, 9.17) is 14.6 Å². The molecule has 0 radical (unpaired) electrons. The number of aliphatic carboxylic acids is 1. The maximum absolute atomic E-state index is 13.3. The van der Waals surface area contributed by atoms with Crippen LogP contribution in [0.15, 0.2) is 59.5 Å². The van der Waals surface area contributed by atoms with Crippen LogP contribution in [0.4, 0.5) is 13.2 Å². The summed E-state index contributed by atoms with van der Waals surface area (Å²) in [5, 5.41) is 10.3. The highest BCUT2D eigenvalue weighted by molar-refractivity contribution is 7.89. The predicted molar refractivity (Wildman–Crippen MR) is 130 cm³/mol. The minimum absolute atomic E-state index is 0.150. The normalized spacial score (nSPS) is 14.0. The molecule has 0 aromatic heterocycles. The summed E-state index contributed by atoms with van der Waals surface area (Å²) >= 11 is 0. The van der Waals surface area contributed by atoms with Crippen LogP contribution >= 0.6 is 0 Å². The molecule has 0 unspecified atom stereocenters. The van der Waals surface area contributed by atoms with Gasteiger partial charge in [0.2, 0.25) is 15.9 Å². The number of methoxy groups -OCH3 is 1. The lowest BCUT2D eigenvalue weighted by Gasteiger charge is -2.30. The number of carboxylic acid groups (broad SMARTS) is 1. The van der Waals surface area contributed by atoms with Crippen LogP contribution in [0.3, 0.4) is 0 Å². The standard InChI is InChI=1S/C22H29N3O4S.C2HF3O2/c1-29-20-9-11-21(12-10-20)30(27,28)25(15-5-8-19-6-3-2-4-7-19)18-22(26)24-16-13-23-14-17-24;3-2(4,5)1(6)7/h2-4,6-7,9-12,23H,5,8,13-18H2,1H3;(H,6,7). The van der Waals surface area contributed by atoms with Gasteiger partial charge in [0.25, 0.3) is 0 Å². The maximum Gasteiger partial charge on any atom is 0.490 e. The summed E-state index contributed by atoms with van der Waals surface area (Å²) in [7, 11) is -2.27. The van der Waals surface area contributed by atoms with Crippen LogP contribution in [0.5, 0.6) is 5.75 Å². The van der Waals surface area contributed by atoms with Crippen molar-refractivity contribution in [2.45, 2.75) is 23.9 Å². The number of rotatable bonds is 9. The zero-order valence-electron chi connectivity index (χ0n) is 20.3. The van der Waals surface area contributed by atoms with Crippen LogP contribution in [-0.4, -0.2) is 87.2 Å². The average molecular weight is 546 g/mol. The average Bonchev–Trinajstić information content (AvgIpc) is 2.89. The number of aryl methyl sites for hydroxylation is 1. The van der Waals surface area contributed by atoms with Gasteiger partial charge in [0, 0.05) is 32.7 Å². The van der Waals surface area contributed by atoms with Crippen LogP contribution in [0.25, 0.3) is 0 Å². The number of halogens is 3. The second kappa shape index (κ2) is 14.0. The van der Waals surface area contributed by atoms with Crippen LogP contribution in [0, 0.1) is 0 Å². The first kappa shape index (κ1) is 30.1. The van der Waals surface area contributed by atoms with E-state index in [0.717, 1.165) is 25.1 Å². The molecule has 13 heteroatoms. The second-order valence-corrected chi connectivity index (χ2v) is 9.97. The molecule has 9 nitrogen and oxygen atoms in total. The first-order chi connectivity index (χ1) is 17.4. The molecule has 0 aliphatic carbocycles. The molecule has 0 bridgehead atoms. The van der Waals surface area contributed by atoms with Crippen LogP contribution in [0.2, 0.25) is 0 Å². The number of amides is 1. The van der Waals surface area contributed by atoms with Crippen molar-refractivity contribution in [1.82, 2.24) is 14.5 Å². The number of benzene rings is 2. The lowest BCUT2D eigenvalue weighted by molar-refractivity contribution is -0.192. The van der Waals surface area contributed by atoms with Crippen molar-refractivity contribution >= 4 is 21.9 Å². The predicted octanol–water partition coefficient (Wildman–Crippen LogP) is 2.38. The number of hydrogen-bond acceptors (Lipinski definition) is 6. The lowest BCUT2D eigenvalue weighted by Crippen LogP contribution is -2.50. The zero-order valence-corrected chi connectivity index (χ0v) is 21.1. The second-order valence-electron chi connectivity index (χ2n) is 8.04. The smallest absolute Gasteiger partial charge is 0.490 e. The summed E-state index contributed by atoms with van der Waals surface area (Å²) < 4.78 is 64.8. The molecular weight excluding hydrogens is 515 g/mol. The Balaban J connectivity index is 0.000000604. The molecule has 1 aliphatic heterocycles. The Morgan fingerprint density at radius 2 is 1.62 bits per heavy atom. The summed E-state index contributed by atoms with van der Waals surface area (Å²) in [4.78, 5) is 23.6. The van der Waals surface area contributed by atoms with E-state index in [-0.39, 0.29) is 23.9 Å². The number of ether oxygens (including phenoxy) is 1. The van der Waals surface area contributed by atoms with Gasteiger partial charge >= 0.3 is 12.1 Å². The van der Waals surface area contributed by atoms with E-state index in [1.807, 2.05) is 30.3 Å². The van der Waals surface area contributed by atoms with E-state index in [0.29, 0.717) is 25.3 Å². The molecule has 0 atom stereocenters. The molecule has 2 aromatic rings. The minimum Gasteiger partial charge on any atom is -0.497 e. The molecule has 1 heterocycles. The third kappa shape index (κ3) is 9.67. The molecule has 37 heavy (non-hydrogen) atoms. The van der Waals surface area contributed by atoms with Crippen molar-refractivity contribution in [2.75, 3.05) is 46.4 Å². The van der Waals surface area contributed by atoms with Gasteiger partial charge in [-0.15, -0.1) is 0 Å². The molecule has 1 aliphatic rings. The van der Waals surface area contributed by atoms with E-state index in [9.17, 15) is 26.4 Å². The highest BCUT2D eigenvalue weighted by Gasteiger charge is 2.38. The summed E-state index contributed by atoms with van der Waals surface area (Å²) in [5.41, 5.74) is 1.15. The Hall–Kier alpha value is -3.16. The first-order valence-electron chi connectivity index (χ1n) is 11.4. The third-order valence-electron chi connectivity index (χ3n) is 5.44. The molecule has 2 N–H and O–H groups in total. The lowest BCUT2D eigenvalue weighted by atomic mass is 10.1. The third-order valence-corrected chi connectivity index (χ3v) is 7.30. The summed E-state index contributed by atoms with van der Waals surface area (Å²) in [6, 6.07) is 16.2. The molecule has 1 fully saturated rings. The van der Waals surface area contributed by atoms with Gasteiger partial charge in [-0.05, 0) is 42.7 Å². The fraction of sp³-hybridized carbons (Fsp3) is 0.417. The van der Waals surface area contributed by atoms with Crippen molar-refractivity contribution in [3.05, 3.63) is 60.2 Å². The number of hydrogen-bond donors (Lipinski definition) is 2. The van der Waals surface area contributed by atoms with Gasteiger partial charge in [0.15, 0.2) is 0 Å². The maximum atomic E-state index is 13.3. The van der Waals surface area contributed by atoms with Crippen molar-refractivity contribution in [1.29, 1.82) is 0 Å². The van der Waals surface area contributed by atoms with Crippen molar-refractivity contribution in [2.24, 2.45) is 0 Å². The van der Waals surface area contributed by atoms with E-state index in [1.54, 1.807) is 17.0 Å². The number of piperazine rings is 1. The Morgan fingerprint density at radius 3 is 2.14 bits per heavy atom. The molecule has 3 rings (SSSR count). The number of alkyl halides is 3. The number of sulfonamides is 1. The molecule has 2 aromatic carbocycles. The van der Waals surface area contributed by atoms with E-state index in [1.165, 1.54) is 23.5 Å². The van der Waals surface area contributed by atoms with Gasteiger partial charge in [0.1, 0.15) is 5.75 Å². The molecule has 1 saturated heterocycles. The van der Waals surface area contributed by atoms with Gasteiger partial charge in [-0.1, -0.05) is 30.3 Å². The van der Waals surface area contributed by atoms with Crippen LogP contribution in [0.1, 0.15) is 12.0 Å². The van der Waals surface area contributed by atoms with Gasteiger partial charge < -0.3 is 20.1 Å². The Kier molecular flexibility index (Phi) is 11.3. The largest absolute Gasteiger partial charge is 0.497 e. The minimum atomic E-state index is -5.08. The zero-order chi connectivity index (χ0) is 27.5. The molecular formula is C24H30F3N3O6S. The highest BCUT2D eigenvalue weighted by atomic mass is 32.2. The number of carbonyl (C=O) groups is 2. The number of nitrogens with zero attached hydrogens (tertiary/aromatic N) is 2. The van der Waals surface area contributed by atoms with Crippen LogP contribution in [-0.2, 0) is 26.0 Å². The number of nitrogens with one attached hydrogen (secondary N) is 1. The fourth-order valence-electron chi connectivity index (χ4n) is 3.45. The van der Waals surface area contributed by atoms with Crippen molar-refractivity contribution in [3.8, 4) is 5.75 Å². The SMILES string of the molecule is COc1ccc(S(=O)(=O)N(CCCc2ccccc2)CC(=O)N2CCNCC2)cc1.O=C(O)C(F)(F)F. The van der Waals surface area contributed by atoms with Crippen molar-refractivity contribution in [3.63, 3.8) is 0 Å². The van der Waals surface area contributed by atoms with E-state index >= 15 is 0 Å². The molecule has 204 valence electrons. The van der Waals surface area contributed by atoms with Gasteiger partial charge in [-0.2, -0.15) is 17.5 Å². The fourth-order valence-corrected chi connectivity index (χ4v) is 4.88. The number of carbonyl (C=O) groups excluding carboxylic acids is 1. The Labute approximate surface area is 213 Å². The Bertz CT molecular complexity index is 1110. The summed E-state index contributed by atoms with van der Waals surface area (Å²) in [6.45, 7) is 2.78. The monoisotopic (exact) mass is 545 g/mol. The van der Waals surface area contributed by atoms with Crippen molar-refractivity contribution < 1.29 is 41.0 Å². The van der Waals surface area contributed by atoms with E-state index in [2.05, 4.69) is 5.32 Å². The molecule has 0 spiro atoms. The van der Waals surface area contributed by atoms with Crippen LogP contribution < -0.4 is 10.1 Å². The summed E-state index contributed by atoms with van der Waals surface area (Å²) in [6.07, 6.45) is -3.70. The molecule has 0 saturated carbocycles. The first-order valence-corrected chi connectivity index (χ1v) is 12.9. The molecule has 1 amide bonds. The van der Waals surface area contributed by atoms with E-state index < -0.39 is 22.2 Å². The topological polar surface area (TPSA) is 116 Å². The highest BCUT2D eigenvalue weighted by Crippen LogP contribution is 2.20.